The molecule has 0 bridgehead atoms. The molecule has 0 radical (unpaired) electrons. The van der Waals surface area contributed by atoms with Crippen LogP contribution in [0.15, 0.2) is 30.5 Å². The third-order valence-electron chi connectivity index (χ3n) is 4.02. The number of amides is 2. The number of halogens is 4. The van der Waals surface area contributed by atoms with E-state index in [0.29, 0.717) is 30.0 Å². The molecular formula is C17H13F4N3O2. The van der Waals surface area contributed by atoms with Crippen LogP contribution in [0.2, 0.25) is 0 Å². The van der Waals surface area contributed by atoms with Gasteiger partial charge in [0.05, 0.1) is 16.9 Å². The fraction of sp³-hybridized carbons (Fsp3) is 0.235. The maximum atomic E-state index is 14.2. The number of Topliss-reactive ketones (excluding diaryl/α,β-unsaturated/α-hetero) is 1. The SMILES string of the molecule is Cc1nccc(-c2ccc(C(=O)C(F)(F)F)c(F)c2)c1N1CCNC1=O. The molecule has 0 saturated carbocycles. The molecule has 26 heavy (non-hydrogen) atoms. The van der Waals surface area contributed by atoms with Crippen molar-refractivity contribution in [1.29, 1.82) is 0 Å². The van der Waals surface area contributed by atoms with Crippen LogP contribution < -0.4 is 10.2 Å². The van der Waals surface area contributed by atoms with Gasteiger partial charge in [-0.05, 0) is 30.7 Å². The number of nitrogens with one attached hydrogen (secondary N) is 1. The van der Waals surface area contributed by atoms with Gasteiger partial charge in [-0.3, -0.25) is 14.7 Å². The third-order valence-corrected chi connectivity index (χ3v) is 4.02. The first-order chi connectivity index (χ1) is 12.2. The number of rotatable bonds is 3. The summed E-state index contributed by atoms with van der Waals surface area (Å²) in [6, 6.07) is 4.06. The van der Waals surface area contributed by atoms with E-state index < -0.39 is 23.3 Å². The monoisotopic (exact) mass is 367 g/mol. The lowest BCUT2D eigenvalue weighted by molar-refractivity contribution is -0.0887. The molecule has 1 saturated heterocycles. The summed E-state index contributed by atoms with van der Waals surface area (Å²) < 4.78 is 51.8. The predicted molar refractivity (Wildman–Crippen MR) is 85.5 cm³/mol. The third kappa shape index (κ3) is 3.12. The summed E-state index contributed by atoms with van der Waals surface area (Å²) in [6.07, 6.45) is -3.71. The molecule has 136 valence electrons. The molecule has 1 N–H and O–H groups in total. The number of carbonyl (C=O) groups is 2. The molecule has 0 aliphatic carbocycles. The van der Waals surface area contributed by atoms with Gasteiger partial charge < -0.3 is 5.32 Å². The van der Waals surface area contributed by atoms with Crippen molar-refractivity contribution in [1.82, 2.24) is 10.3 Å². The fourth-order valence-corrected chi connectivity index (χ4v) is 2.84. The highest BCUT2D eigenvalue weighted by atomic mass is 19.4. The molecule has 2 heterocycles. The number of hydrogen-bond donors (Lipinski definition) is 1. The van der Waals surface area contributed by atoms with Crippen molar-refractivity contribution >= 4 is 17.5 Å². The number of nitrogens with zero attached hydrogens (tertiary/aromatic N) is 2. The normalized spacial score (nSPS) is 14.5. The highest BCUT2D eigenvalue weighted by Crippen LogP contribution is 2.35. The Hall–Kier alpha value is -2.97. The smallest absolute Gasteiger partial charge is 0.336 e. The van der Waals surface area contributed by atoms with E-state index in [1.165, 1.54) is 23.2 Å². The number of aryl methyl sites for hydroxylation is 1. The van der Waals surface area contributed by atoms with Crippen molar-refractivity contribution in [3.63, 3.8) is 0 Å². The zero-order chi connectivity index (χ0) is 19.1. The number of ketones is 1. The van der Waals surface area contributed by atoms with Crippen LogP contribution in [-0.4, -0.2) is 36.1 Å². The lowest BCUT2D eigenvalue weighted by Gasteiger charge is -2.20. The van der Waals surface area contributed by atoms with Gasteiger partial charge in [0, 0.05) is 24.8 Å². The highest BCUT2D eigenvalue weighted by Gasteiger charge is 2.40. The number of alkyl halides is 3. The van der Waals surface area contributed by atoms with E-state index in [1.54, 1.807) is 6.92 Å². The van der Waals surface area contributed by atoms with Crippen LogP contribution in [0.3, 0.4) is 0 Å². The first kappa shape index (κ1) is 17.8. The summed E-state index contributed by atoms with van der Waals surface area (Å²) in [4.78, 5) is 28.8. The first-order valence-corrected chi connectivity index (χ1v) is 7.62. The minimum atomic E-state index is -5.16. The van der Waals surface area contributed by atoms with Gasteiger partial charge in [0.25, 0.3) is 5.78 Å². The van der Waals surface area contributed by atoms with Gasteiger partial charge in [-0.15, -0.1) is 0 Å². The van der Waals surface area contributed by atoms with E-state index in [9.17, 15) is 27.2 Å². The molecule has 1 aliphatic heterocycles. The number of benzene rings is 1. The molecule has 0 unspecified atom stereocenters. The van der Waals surface area contributed by atoms with Crippen molar-refractivity contribution in [2.75, 3.05) is 18.0 Å². The molecule has 3 rings (SSSR count). The number of aromatic nitrogens is 1. The first-order valence-electron chi connectivity index (χ1n) is 7.62. The number of anilines is 1. The van der Waals surface area contributed by atoms with E-state index in [1.807, 2.05) is 0 Å². The molecule has 2 amide bonds. The fourth-order valence-electron chi connectivity index (χ4n) is 2.84. The largest absolute Gasteiger partial charge is 0.454 e. The average molecular weight is 367 g/mol. The average Bonchev–Trinajstić information content (AvgIpc) is 2.98. The molecule has 1 aromatic carbocycles. The Morgan fingerprint density at radius 2 is 2.00 bits per heavy atom. The van der Waals surface area contributed by atoms with Crippen LogP contribution in [0.25, 0.3) is 11.1 Å². The second-order valence-corrected chi connectivity index (χ2v) is 5.70. The molecule has 1 fully saturated rings. The Morgan fingerprint density at radius 1 is 1.27 bits per heavy atom. The Morgan fingerprint density at radius 3 is 2.58 bits per heavy atom. The van der Waals surface area contributed by atoms with Crippen LogP contribution in [0.1, 0.15) is 16.1 Å². The Bertz CT molecular complexity index is 896. The van der Waals surface area contributed by atoms with Gasteiger partial charge in [0.2, 0.25) is 0 Å². The topological polar surface area (TPSA) is 62.3 Å². The minimum Gasteiger partial charge on any atom is -0.336 e. The summed E-state index contributed by atoms with van der Waals surface area (Å²) in [7, 11) is 0. The zero-order valence-corrected chi connectivity index (χ0v) is 13.5. The van der Waals surface area contributed by atoms with Crippen molar-refractivity contribution in [3.8, 4) is 11.1 Å². The van der Waals surface area contributed by atoms with E-state index >= 15 is 0 Å². The van der Waals surface area contributed by atoms with Gasteiger partial charge in [-0.1, -0.05) is 6.07 Å². The van der Waals surface area contributed by atoms with E-state index in [-0.39, 0.29) is 11.6 Å². The number of urea groups is 1. The van der Waals surface area contributed by atoms with Crippen molar-refractivity contribution < 1.29 is 27.2 Å². The van der Waals surface area contributed by atoms with Crippen molar-refractivity contribution in [2.24, 2.45) is 0 Å². The predicted octanol–water partition coefficient (Wildman–Crippen LogP) is 3.47. The van der Waals surface area contributed by atoms with Crippen molar-refractivity contribution in [3.05, 3.63) is 47.5 Å². The van der Waals surface area contributed by atoms with Crippen LogP contribution in [0.5, 0.6) is 0 Å². The Kier molecular flexibility index (Phi) is 4.39. The maximum Gasteiger partial charge on any atom is 0.454 e. The van der Waals surface area contributed by atoms with E-state index in [4.69, 9.17) is 0 Å². The lowest BCUT2D eigenvalue weighted by Crippen LogP contribution is -2.29. The van der Waals surface area contributed by atoms with Gasteiger partial charge in [-0.25, -0.2) is 9.18 Å². The molecule has 1 aromatic heterocycles. The number of pyridine rings is 1. The second kappa shape index (κ2) is 6.40. The van der Waals surface area contributed by atoms with Gasteiger partial charge in [-0.2, -0.15) is 13.2 Å². The second-order valence-electron chi connectivity index (χ2n) is 5.70. The van der Waals surface area contributed by atoms with Crippen molar-refractivity contribution in [2.45, 2.75) is 13.1 Å². The standard InChI is InChI=1S/C17H13F4N3O2/c1-9-14(24-7-6-23-16(24)26)11(4-5-22-9)10-2-3-12(13(18)8-10)15(25)17(19,20)21/h2-5,8H,6-7H2,1H3,(H,23,26). The zero-order valence-electron chi connectivity index (χ0n) is 13.5. The van der Waals surface area contributed by atoms with Gasteiger partial charge in [0.1, 0.15) is 5.82 Å². The van der Waals surface area contributed by atoms with Crippen LogP contribution in [-0.2, 0) is 0 Å². The molecular weight excluding hydrogens is 354 g/mol. The summed E-state index contributed by atoms with van der Waals surface area (Å²) in [5, 5.41) is 2.64. The number of carbonyl (C=O) groups excluding carboxylic acids is 2. The summed E-state index contributed by atoms with van der Waals surface area (Å²) in [5.74, 6) is -3.53. The van der Waals surface area contributed by atoms with E-state index in [0.717, 1.165) is 12.1 Å². The molecule has 0 spiro atoms. The van der Waals surface area contributed by atoms with Crippen LogP contribution >= 0.6 is 0 Å². The quantitative estimate of drug-likeness (QED) is 0.668. The summed E-state index contributed by atoms with van der Waals surface area (Å²) in [5.41, 5.74) is 0.570. The van der Waals surface area contributed by atoms with Crippen LogP contribution in [0.4, 0.5) is 28.0 Å². The molecule has 9 heteroatoms. The molecule has 5 nitrogen and oxygen atoms in total. The summed E-state index contributed by atoms with van der Waals surface area (Å²) >= 11 is 0. The Balaban J connectivity index is 2.08. The van der Waals surface area contributed by atoms with Gasteiger partial charge in [0.15, 0.2) is 0 Å². The lowest BCUT2D eigenvalue weighted by atomic mass is 9.99. The summed E-state index contributed by atoms with van der Waals surface area (Å²) in [6.45, 7) is 2.48. The van der Waals surface area contributed by atoms with E-state index in [2.05, 4.69) is 10.3 Å². The van der Waals surface area contributed by atoms with Crippen LogP contribution in [0, 0.1) is 12.7 Å². The molecule has 0 atom stereocenters. The molecule has 1 aliphatic rings. The Labute approximate surface area is 145 Å². The number of hydrogen-bond acceptors (Lipinski definition) is 3. The van der Waals surface area contributed by atoms with Gasteiger partial charge >= 0.3 is 12.2 Å². The molecule has 2 aromatic rings. The highest BCUT2D eigenvalue weighted by molar-refractivity contribution is 6.02. The minimum absolute atomic E-state index is 0.237. The maximum absolute atomic E-state index is 14.2.